The molecule has 2 rings (SSSR count). The molecule has 0 saturated carbocycles. The number of benzene rings is 2. The topological polar surface area (TPSA) is 75.1 Å². The van der Waals surface area contributed by atoms with Gasteiger partial charge in [0.25, 0.3) is 0 Å². The molecule has 0 heterocycles. The van der Waals surface area contributed by atoms with Crippen LogP contribution in [-0.4, -0.2) is 43.9 Å². The van der Waals surface area contributed by atoms with Crippen molar-refractivity contribution in [1.29, 1.82) is 0 Å². The molecule has 0 aliphatic carbocycles. The zero-order chi connectivity index (χ0) is 20.2. The molecule has 0 aromatic heterocycles. The predicted molar refractivity (Wildman–Crippen MR) is 104 cm³/mol. The Balaban J connectivity index is 1.81. The molecule has 6 nitrogen and oxygen atoms in total. The highest BCUT2D eigenvalue weighted by atomic mass is 19.3. The molecule has 0 fully saturated rings. The number of halogens is 2. The Bertz CT molecular complexity index is 712. The molecule has 1 atom stereocenters. The van der Waals surface area contributed by atoms with E-state index in [4.69, 9.17) is 4.74 Å². The number of guanidine groups is 1. The third-order valence-electron chi connectivity index (χ3n) is 3.66. The number of aliphatic imine (C=N–C) groups is 1. The van der Waals surface area contributed by atoms with Gasteiger partial charge in [-0.2, -0.15) is 8.78 Å². The fraction of sp³-hybridized carbons (Fsp3) is 0.350. The first-order valence-corrected chi connectivity index (χ1v) is 9.01. The molecule has 0 amide bonds. The van der Waals surface area contributed by atoms with Crippen molar-refractivity contribution >= 4 is 5.96 Å². The number of ether oxygens (including phenoxy) is 2. The Kier molecular flexibility index (Phi) is 9.00. The molecule has 0 aliphatic rings. The summed E-state index contributed by atoms with van der Waals surface area (Å²) in [5, 5.41) is 16.5. The minimum Gasteiger partial charge on any atom is -0.492 e. The molecule has 0 saturated heterocycles. The molecular formula is C20H25F2N3O3. The second-order valence-electron chi connectivity index (χ2n) is 5.77. The molecule has 0 bridgehead atoms. The average Bonchev–Trinajstić information content (AvgIpc) is 2.70. The number of alkyl halides is 2. The van der Waals surface area contributed by atoms with Crippen LogP contribution in [0.25, 0.3) is 0 Å². The minimum absolute atomic E-state index is 0.0443. The van der Waals surface area contributed by atoms with Gasteiger partial charge in [-0.3, -0.25) is 4.99 Å². The Morgan fingerprint density at radius 1 is 1.04 bits per heavy atom. The monoisotopic (exact) mass is 393 g/mol. The molecule has 0 radical (unpaired) electrons. The van der Waals surface area contributed by atoms with Gasteiger partial charge in [-0.25, -0.2) is 0 Å². The molecule has 3 N–H and O–H groups in total. The molecule has 8 heteroatoms. The van der Waals surface area contributed by atoms with Crippen molar-refractivity contribution in [3.63, 3.8) is 0 Å². The van der Waals surface area contributed by atoms with E-state index in [1.165, 1.54) is 24.3 Å². The number of nitrogens with one attached hydrogen (secondary N) is 2. The smallest absolute Gasteiger partial charge is 0.387 e. The van der Waals surface area contributed by atoms with E-state index in [0.29, 0.717) is 31.2 Å². The number of aliphatic hydroxyl groups excluding tert-OH is 1. The van der Waals surface area contributed by atoms with Crippen molar-refractivity contribution in [2.24, 2.45) is 4.99 Å². The van der Waals surface area contributed by atoms with Crippen molar-refractivity contribution in [2.45, 2.75) is 19.6 Å². The van der Waals surface area contributed by atoms with Gasteiger partial charge >= 0.3 is 6.61 Å². The van der Waals surface area contributed by atoms with Crippen LogP contribution in [0, 0.1) is 0 Å². The Morgan fingerprint density at radius 3 is 2.39 bits per heavy atom. The highest BCUT2D eigenvalue weighted by molar-refractivity contribution is 5.79. The summed E-state index contributed by atoms with van der Waals surface area (Å²) in [6.45, 7) is 0.847. The Hall–Kier alpha value is -2.87. The van der Waals surface area contributed by atoms with Crippen molar-refractivity contribution in [3.8, 4) is 11.5 Å². The number of hydrogen-bond donors (Lipinski definition) is 3. The molecule has 2 aromatic rings. The van der Waals surface area contributed by atoms with Gasteiger partial charge in [0.15, 0.2) is 5.96 Å². The van der Waals surface area contributed by atoms with Crippen LogP contribution in [0.2, 0.25) is 0 Å². The summed E-state index contributed by atoms with van der Waals surface area (Å²) < 4.78 is 34.2. The zero-order valence-corrected chi connectivity index (χ0v) is 15.6. The van der Waals surface area contributed by atoms with E-state index in [9.17, 15) is 13.9 Å². The third kappa shape index (κ3) is 7.79. The van der Waals surface area contributed by atoms with E-state index in [2.05, 4.69) is 20.4 Å². The Labute approximate surface area is 163 Å². The summed E-state index contributed by atoms with van der Waals surface area (Å²) in [7, 11) is 0. The van der Waals surface area contributed by atoms with Crippen LogP contribution < -0.4 is 20.1 Å². The number of nitrogens with zero attached hydrogens (tertiary/aromatic N) is 1. The van der Waals surface area contributed by atoms with Crippen molar-refractivity contribution in [3.05, 3.63) is 60.2 Å². The van der Waals surface area contributed by atoms with Crippen molar-refractivity contribution in [1.82, 2.24) is 10.6 Å². The van der Waals surface area contributed by atoms with E-state index in [0.717, 1.165) is 5.75 Å². The lowest BCUT2D eigenvalue weighted by atomic mass is 10.1. The van der Waals surface area contributed by atoms with E-state index < -0.39 is 12.7 Å². The quantitative estimate of drug-likeness (QED) is 0.329. The normalized spacial score (nSPS) is 12.5. The lowest BCUT2D eigenvalue weighted by Crippen LogP contribution is -2.39. The molecule has 2 aromatic carbocycles. The number of hydrogen-bond acceptors (Lipinski definition) is 4. The number of aliphatic hydroxyl groups is 1. The van der Waals surface area contributed by atoms with Crippen LogP contribution in [0.4, 0.5) is 8.78 Å². The fourth-order valence-corrected chi connectivity index (χ4v) is 2.35. The predicted octanol–water partition coefficient (Wildman–Crippen LogP) is 2.96. The summed E-state index contributed by atoms with van der Waals surface area (Å²) in [5.41, 5.74) is 0.564. The highest BCUT2D eigenvalue weighted by Crippen LogP contribution is 2.19. The summed E-state index contributed by atoms with van der Waals surface area (Å²) in [6.07, 6.45) is -0.864. The van der Waals surface area contributed by atoms with Gasteiger partial charge in [-0.15, -0.1) is 0 Å². The minimum atomic E-state index is -2.88. The van der Waals surface area contributed by atoms with E-state index >= 15 is 0 Å². The first kappa shape index (κ1) is 21.4. The van der Waals surface area contributed by atoms with Crippen LogP contribution in [0.3, 0.4) is 0 Å². The van der Waals surface area contributed by atoms with Crippen LogP contribution in [-0.2, 0) is 0 Å². The van der Waals surface area contributed by atoms with Crippen molar-refractivity contribution < 1.29 is 23.4 Å². The number of rotatable bonds is 10. The van der Waals surface area contributed by atoms with Crippen LogP contribution in [0.15, 0.2) is 59.6 Å². The maximum atomic E-state index is 12.2. The maximum Gasteiger partial charge on any atom is 0.387 e. The van der Waals surface area contributed by atoms with E-state index in [-0.39, 0.29) is 12.3 Å². The summed E-state index contributed by atoms with van der Waals surface area (Å²) in [6, 6.07) is 15.3. The van der Waals surface area contributed by atoms with E-state index in [1.807, 2.05) is 37.3 Å². The Morgan fingerprint density at radius 2 is 1.75 bits per heavy atom. The van der Waals surface area contributed by atoms with Crippen LogP contribution in [0.1, 0.15) is 18.6 Å². The van der Waals surface area contributed by atoms with Crippen LogP contribution >= 0.6 is 0 Å². The summed E-state index contributed by atoms with van der Waals surface area (Å²) >= 11 is 0. The van der Waals surface area contributed by atoms with Gasteiger partial charge in [-0.1, -0.05) is 30.3 Å². The summed E-state index contributed by atoms with van der Waals surface area (Å²) in [5.74, 6) is 1.39. The number of para-hydroxylation sites is 1. The van der Waals surface area contributed by atoms with Gasteiger partial charge in [0.05, 0.1) is 19.2 Å². The zero-order valence-electron chi connectivity index (χ0n) is 15.6. The van der Waals surface area contributed by atoms with Gasteiger partial charge in [0, 0.05) is 6.54 Å². The summed E-state index contributed by atoms with van der Waals surface area (Å²) in [4.78, 5) is 4.34. The van der Waals surface area contributed by atoms with Gasteiger partial charge < -0.3 is 25.2 Å². The first-order valence-electron chi connectivity index (χ1n) is 9.01. The van der Waals surface area contributed by atoms with E-state index in [1.54, 1.807) is 0 Å². The molecule has 0 spiro atoms. The largest absolute Gasteiger partial charge is 0.492 e. The second-order valence-corrected chi connectivity index (χ2v) is 5.77. The second kappa shape index (κ2) is 11.8. The fourth-order valence-electron chi connectivity index (χ4n) is 2.35. The lowest BCUT2D eigenvalue weighted by Gasteiger charge is -2.14. The van der Waals surface area contributed by atoms with Crippen LogP contribution in [0.5, 0.6) is 11.5 Å². The lowest BCUT2D eigenvalue weighted by molar-refractivity contribution is -0.0498. The van der Waals surface area contributed by atoms with Gasteiger partial charge in [-0.05, 0) is 36.8 Å². The first-order chi connectivity index (χ1) is 13.6. The standard InChI is InChI=1S/C20H25F2N3O3/c1-2-23-20(24-12-13-27-16-6-4-3-5-7-16)25-14-18(26)15-8-10-17(11-9-15)28-19(21)22/h3-11,18-19,26H,2,12-14H2,1H3,(H2,23,24,25). The van der Waals surface area contributed by atoms with Gasteiger partial charge in [0.1, 0.15) is 18.1 Å². The molecule has 0 aliphatic heterocycles. The third-order valence-corrected chi connectivity index (χ3v) is 3.66. The maximum absolute atomic E-state index is 12.2. The van der Waals surface area contributed by atoms with Crippen molar-refractivity contribution in [2.75, 3.05) is 26.2 Å². The molecule has 152 valence electrons. The van der Waals surface area contributed by atoms with Gasteiger partial charge in [0.2, 0.25) is 0 Å². The molecule has 1 unspecified atom stereocenters. The molecular weight excluding hydrogens is 368 g/mol. The highest BCUT2D eigenvalue weighted by Gasteiger charge is 2.09. The average molecular weight is 393 g/mol. The molecule has 28 heavy (non-hydrogen) atoms. The SMILES string of the molecule is CCNC(=NCC(O)c1ccc(OC(F)F)cc1)NCCOc1ccccc1.